The Kier molecular flexibility index (Phi) is 4.10. The fourth-order valence-electron chi connectivity index (χ4n) is 4.21. The molecule has 0 amide bonds. The second kappa shape index (κ2) is 5.72. The molecule has 3 rings (SSSR count). The van der Waals surface area contributed by atoms with Crippen LogP contribution in [0.2, 0.25) is 0 Å². The van der Waals surface area contributed by atoms with E-state index in [1.807, 2.05) is 6.20 Å². The number of aromatic nitrogens is 2. The van der Waals surface area contributed by atoms with E-state index in [1.165, 1.54) is 17.5 Å². The van der Waals surface area contributed by atoms with Crippen LogP contribution in [0.15, 0.2) is 6.20 Å². The van der Waals surface area contributed by atoms with Gasteiger partial charge in [-0.25, -0.2) is 8.42 Å². The summed E-state index contributed by atoms with van der Waals surface area (Å²) in [4.78, 5) is 2.53. The Balaban J connectivity index is 1.80. The van der Waals surface area contributed by atoms with Crippen molar-refractivity contribution in [1.82, 2.24) is 15.1 Å². The molecule has 118 valence electrons. The summed E-state index contributed by atoms with van der Waals surface area (Å²) in [6.45, 7) is 4.19. The number of H-pyrrole nitrogens is 1. The summed E-state index contributed by atoms with van der Waals surface area (Å²) >= 11 is 0. The van der Waals surface area contributed by atoms with Crippen LogP contribution in [0.4, 0.5) is 0 Å². The number of hydrogen-bond donors (Lipinski definition) is 1. The van der Waals surface area contributed by atoms with Crippen molar-refractivity contribution >= 4 is 9.84 Å². The molecule has 3 unspecified atom stereocenters. The molecule has 0 radical (unpaired) electrons. The van der Waals surface area contributed by atoms with Gasteiger partial charge in [-0.3, -0.25) is 10.00 Å². The minimum absolute atomic E-state index is 0.275. The molecule has 1 aromatic rings. The molecule has 5 nitrogen and oxygen atoms in total. The summed E-state index contributed by atoms with van der Waals surface area (Å²) in [5.41, 5.74) is 2.60. The van der Waals surface area contributed by atoms with Crippen molar-refractivity contribution in [2.75, 3.05) is 25.1 Å². The molecule has 0 spiro atoms. The summed E-state index contributed by atoms with van der Waals surface area (Å²) in [6.07, 6.45) is 7.53. The molecule has 2 heterocycles. The Morgan fingerprint density at radius 1 is 1.43 bits per heavy atom. The summed E-state index contributed by atoms with van der Waals surface area (Å²) < 4.78 is 23.3. The average Bonchev–Trinajstić information content (AvgIpc) is 2.82. The lowest BCUT2D eigenvalue weighted by atomic mass is 9.75. The van der Waals surface area contributed by atoms with Crippen molar-refractivity contribution in [1.29, 1.82) is 0 Å². The van der Waals surface area contributed by atoms with E-state index in [4.69, 9.17) is 0 Å². The summed E-state index contributed by atoms with van der Waals surface area (Å²) in [5, 5.41) is 7.29. The van der Waals surface area contributed by atoms with Crippen molar-refractivity contribution in [2.24, 2.45) is 11.8 Å². The zero-order chi connectivity index (χ0) is 15.0. The number of rotatable bonds is 4. The van der Waals surface area contributed by atoms with Crippen LogP contribution in [0.5, 0.6) is 0 Å². The highest BCUT2D eigenvalue weighted by molar-refractivity contribution is 7.90. The number of sulfone groups is 1. The van der Waals surface area contributed by atoms with Crippen molar-refractivity contribution in [3.8, 4) is 0 Å². The van der Waals surface area contributed by atoms with Crippen LogP contribution < -0.4 is 0 Å². The van der Waals surface area contributed by atoms with Crippen LogP contribution in [-0.2, 0) is 22.7 Å². The predicted molar refractivity (Wildman–Crippen MR) is 83.0 cm³/mol. The van der Waals surface area contributed by atoms with Crippen LogP contribution in [0.25, 0.3) is 0 Å². The van der Waals surface area contributed by atoms with E-state index in [0.717, 1.165) is 38.8 Å². The third-order valence-corrected chi connectivity index (χ3v) is 5.97. The number of nitrogens with one attached hydrogen (secondary N) is 1. The first kappa shape index (κ1) is 15.0. The Hall–Kier alpha value is -0.880. The number of fused-ring (bicyclic) bond motifs is 2. The minimum Gasteiger partial charge on any atom is -0.299 e. The van der Waals surface area contributed by atoms with E-state index < -0.39 is 9.84 Å². The van der Waals surface area contributed by atoms with Gasteiger partial charge in [0.15, 0.2) is 0 Å². The lowest BCUT2D eigenvalue weighted by molar-refractivity contribution is 0.0553. The summed E-state index contributed by atoms with van der Waals surface area (Å²) in [5.74, 6) is 1.16. The number of nitrogens with zero attached hydrogens (tertiary/aromatic N) is 2. The zero-order valence-electron chi connectivity index (χ0n) is 12.9. The average molecular weight is 311 g/mol. The molecule has 2 aliphatic rings. The first-order valence-corrected chi connectivity index (χ1v) is 9.95. The molecule has 1 aliphatic heterocycles. The van der Waals surface area contributed by atoms with Gasteiger partial charge in [0.1, 0.15) is 9.84 Å². The molecule has 1 N–H and O–H groups in total. The third kappa shape index (κ3) is 3.31. The van der Waals surface area contributed by atoms with Gasteiger partial charge in [0, 0.05) is 24.5 Å². The molecule has 1 aromatic heterocycles. The maximum Gasteiger partial charge on any atom is 0.147 e. The fraction of sp³-hybridized carbons (Fsp3) is 0.800. The van der Waals surface area contributed by atoms with Crippen molar-refractivity contribution < 1.29 is 8.42 Å². The molecule has 1 aliphatic carbocycles. The summed E-state index contributed by atoms with van der Waals surface area (Å²) in [7, 11) is -2.90. The van der Waals surface area contributed by atoms with Crippen LogP contribution in [0, 0.1) is 11.8 Å². The van der Waals surface area contributed by atoms with Gasteiger partial charge in [-0.15, -0.1) is 0 Å². The van der Waals surface area contributed by atoms with Crippen LogP contribution in [-0.4, -0.2) is 54.7 Å². The van der Waals surface area contributed by atoms with Gasteiger partial charge in [0.2, 0.25) is 0 Å². The fourth-order valence-corrected chi connectivity index (χ4v) is 5.31. The highest BCUT2D eigenvalue weighted by atomic mass is 32.2. The number of hydrogen-bond acceptors (Lipinski definition) is 4. The molecule has 0 bridgehead atoms. The molecule has 3 atom stereocenters. The topological polar surface area (TPSA) is 66.1 Å². The smallest absolute Gasteiger partial charge is 0.147 e. The molecular weight excluding hydrogens is 286 g/mol. The number of likely N-dealkylation sites (tertiary alicyclic amines) is 1. The lowest BCUT2D eigenvalue weighted by Gasteiger charge is -2.46. The second-order valence-corrected chi connectivity index (χ2v) is 8.98. The highest BCUT2D eigenvalue weighted by Gasteiger charge is 2.40. The maximum atomic E-state index is 11.6. The van der Waals surface area contributed by atoms with Gasteiger partial charge in [0.25, 0.3) is 0 Å². The first-order chi connectivity index (χ1) is 9.96. The van der Waals surface area contributed by atoms with E-state index in [9.17, 15) is 8.42 Å². The molecule has 0 aromatic carbocycles. The number of aromatic amines is 1. The Bertz CT molecular complexity index is 596. The molecule has 0 saturated carbocycles. The lowest BCUT2D eigenvalue weighted by Crippen LogP contribution is -2.53. The van der Waals surface area contributed by atoms with E-state index in [1.54, 1.807) is 0 Å². The highest BCUT2D eigenvalue weighted by Crippen LogP contribution is 2.36. The van der Waals surface area contributed by atoms with E-state index in [-0.39, 0.29) is 5.92 Å². The predicted octanol–water partition coefficient (Wildman–Crippen LogP) is 1.27. The normalized spacial score (nSPS) is 29.9. The first-order valence-electron chi connectivity index (χ1n) is 7.89. The van der Waals surface area contributed by atoms with Gasteiger partial charge in [0.05, 0.1) is 11.9 Å². The standard InChI is InChI=1S/C15H25N3O2S/c1-3-4-18-9-11(10-21(2,19)20)5-12-6-14-13(7-15(12)18)8-16-17-14/h8,11-12,15H,3-7,9-10H2,1-2H3,(H,16,17). The quantitative estimate of drug-likeness (QED) is 0.909. The van der Waals surface area contributed by atoms with Crippen LogP contribution >= 0.6 is 0 Å². The SMILES string of the molecule is CCCN1CC(CS(C)(=O)=O)CC2Cc3[nH]ncc3CC21. The van der Waals surface area contributed by atoms with Gasteiger partial charge >= 0.3 is 0 Å². The molecule has 1 fully saturated rings. The minimum atomic E-state index is -2.90. The zero-order valence-corrected chi connectivity index (χ0v) is 13.7. The number of piperidine rings is 1. The molecular formula is C15H25N3O2S. The Morgan fingerprint density at radius 3 is 2.95 bits per heavy atom. The van der Waals surface area contributed by atoms with Gasteiger partial charge in [-0.2, -0.15) is 5.10 Å². The van der Waals surface area contributed by atoms with Crippen molar-refractivity contribution in [3.05, 3.63) is 17.5 Å². The Morgan fingerprint density at radius 2 is 2.24 bits per heavy atom. The maximum absolute atomic E-state index is 11.6. The molecule has 21 heavy (non-hydrogen) atoms. The van der Waals surface area contributed by atoms with E-state index >= 15 is 0 Å². The van der Waals surface area contributed by atoms with Crippen LogP contribution in [0.1, 0.15) is 31.0 Å². The van der Waals surface area contributed by atoms with Gasteiger partial charge < -0.3 is 0 Å². The van der Waals surface area contributed by atoms with Crippen molar-refractivity contribution in [3.63, 3.8) is 0 Å². The van der Waals surface area contributed by atoms with Gasteiger partial charge in [-0.1, -0.05) is 6.92 Å². The third-order valence-electron chi connectivity index (χ3n) is 4.89. The largest absolute Gasteiger partial charge is 0.299 e. The molecule has 6 heteroatoms. The summed E-state index contributed by atoms with van der Waals surface area (Å²) in [6, 6.07) is 0.561. The van der Waals surface area contributed by atoms with Gasteiger partial charge in [-0.05, 0) is 49.6 Å². The van der Waals surface area contributed by atoms with Crippen LogP contribution in [0.3, 0.4) is 0 Å². The molecule has 1 saturated heterocycles. The van der Waals surface area contributed by atoms with E-state index in [0.29, 0.717) is 17.7 Å². The monoisotopic (exact) mass is 311 g/mol. The van der Waals surface area contributed by atoms with Crippen molar-refractivity contribution in [2.45, 2.75) is 38.6 Å². The van der Waals surface area contributed by atoms with E-state index in [2.05, 4.69) is 22.0 Å². The second-order valence-electron chi connectivity index (χ2n) is 6.80. The Labute approximate surface area is 127 Å².